The summed E-state index contributed by atoms with van der Waals surface area (Å²) in [6.07, 6.45) is 5.73. The summed E-state index contributed by atoms with van der Waals surface area (Å²) < 4.78 is 6.49. The highest BCUT2D eigenvalue weighted by atomic mass is 16.5. The number of aromatic nitrogens is 2. The van der Waals surface area contributed by atoms with Gasteiger partial charge < -0.3 is 20.5 Å². The summed E-state index contributed by atoms with van der Waals surface area (Å²) >= 11 is 0. The van der Waals surface area contributed by atoms with E-state index in [-0.39, 0.29) is 24.7 Å². The topological polar surface area (TPSA) is 105 Å². The lowest BCUT2D eigenvalue weighted by atomic mass is 10.2. The van der Waals surface area contributed by atoms with Crippen LogP contribution in [0.1, 0.15) is 19.3 Å². The van der Waals surface area contributed by atoms with E-state index in [0.717, 1.165) is 19.3 Å². The molecule has 0 saturated heterocycles. The van der Waals surface area contributed by atoms with Crippen LogP contribution in [0.3, 0.4) is 0 Å². The van der Waals surface area contributed by atoms with E-state index in [1.54, 1.807) is 7.11 Å². The van der Waals surface area contributed by atoms with Crippen LogP contribution in [0.25, 0.3) is 0 Å². The quantitative estimate of drug-likeness (QED) is 0.735. The average Bonchev–Trinajstić information content (AvgIpc) is 2.98. The van der Waals surface area contributed by atoms with Gasteiger partial charge in [-0.25, -0.2) is 4.79 Å². The number of aliphatic carboxylic acids is 1. The fraction of sp³-hybridized carbons (Fsp3) is 0.583. The van der Waals surface area contributed by atoms with Crippen LogP contribution in [0.4, 0.5) is 10.5 Å². The standard InChI is InChI=1S/C12H18N4O4/c1-20-10-3-2-8(4-10)14-12(19)15-9-5-13-16(6-9)7-11(17)18/h5-6,8,10H,2-4,7H2,1H3,(H,17,18)(H2,14,15,19). The highest BCUT2D eigenvalue weighted by Crippen LogP contribution is 2.21. The first-order chi connectivity index (χ1) is 9.56. The van der Waals surface area contributed by atoms with E-state index in [2.05, 4.69) is 15.7 Å². The molecular weight excluding hydrogens is 264 g/mol. The van der Waals surface area contributed by atoms with E-state index in [1.165, 1.54) is 17.1 Å². The Morgan fingerprint density at radius 1 is 1.55 bits per heavy atom. The summed E-state index contributed by atoms with van der Waals surface area (Å²) in [5.41, 5.74) is 0.463. The number of carbonyl (C=O) groups excluding carboxylic acids is 1. The molecule has 1 aliphatic carbocycles. The number of anilines is 1. The Balaban J connectivity index is 1.79. The second-order valence-corrected chi connectivity index (χ2v) is 4.79. The SMILES string of the molecule is COC1CCC(NC(=O)Nc2cnn(CC(=O)O)c2)C1. The Morgan fingerprint density at radius 3 is 3.00 bits per heavy atom. The molecular formula is C12H18N4O4. The van der Waals surface area contributed by atoms with Gasteiger partial charge in [0.05, 0.1) is 18.0 Å². The number of rotatable bonds is 5. The van der Waals surface area contributed by atoms with E-state index in [1.807, 2.05) is 0 Å². The molecule has 0 bridgehead atoms. The average molecular weight is 282 g/mol. The zero-order valence-electron chi connectivity index (χ0n) is 11.2. The summed E-state index contributed by atoms with van der Waals surface area (Å²) in [5.74, 6) is -0.985. The molecule has 2 amide bonds. The maximum absolute atomic E-state index is 11.8. The Hall–Kier alpha value is -2.09. The van der Waals surface area contributed by atoms with Gasteiger partial charge >= 0.3 is 12.0 Å². The zero-order valence-corrected chi connectivity index (χ0v) is 11.2. The molecule has 2 atom stereocenters. The van der Waals surface area contributed by atoms with Crippen LogP contribution >= 0.6 is 0 Å². The van der Waals surface area contributed by atoms with Crippen LogP contribution in [0, 0.1) is 0 Å². The number of amides is 2. The summed E-state index contributed by atoms with van der Waals surface area (Å²) in [6, 6.07) is -0.212. The van der Waals surface area contributed by atoms with Crippen LogP contribution in [0.2, 0.25) is 0 Å². The van der Waals surface area contributed by atoms with Crippen molar-refractivity contribution >= 4 is 17.7 Å². The molecule has 110 valence electrons. The number of urea groups is 1. The minimum absolute atomic E-state index is 0.106. The van der Waals surface area contributed by atoms with Gasteiger partial charge in [0, 0.05) is 19.3 Å². The van der Waals surface area contributed by atoms with Crippen LogP contribution in [-0.2, 0) is 16.1 Å². The maximum Gasteiger partial charge on any atom is 0.325 e. The van der Waals surface area contributed by atoms with Crippen molar-refractivity contribution in [3.8, 4) is 0 Å². The molecule has 1 fully saturated rings. The van der Waals surface area contributed by atoms with E-state index in [4.69, 9.17) is 9.84 Å². The summed E-state index contributed by atoms with van der Waals surface area (Å²) in [7, 11) is 1.67. The van der Waals surface area contributed by atoms with E-state index in [9.17, 15) is 9.59 Å². The lowest BCUT2D eigenvalue weighted by molar-refractivity contribution is -0.137. The lowest BCUT2D eigenvalue weighted by Gasteiger charge is -2.13. The first-order valence-corrected chi connectivity index (χ1v) is 6.41. The van der Waals surface area contributed by atoms with Gasteiger partial charge in [0.1, 0.15) is 6.54 Å². The number of ether oxygens (including phenoxy) is 1. The van der Waals surface area contributed by atoms with Crippen LogP contribution in [-0.4, -0.2) is 46.1 Å². The van der Waals surface area contributed by atoms with Gasteiger partial charge in [-0.05, 0) is 19.3 Å². The summed E-state index contributed by atoms with van der Waals surface area (Å²) in [6.45, 7) is -0.235. The highest BCUT2D eigenvalue weighted by molar-refractivity contribution is 5.89. The first kappa shape index (κ1) is 14.3. The number of hydrogen-bond donors (Lipinski definition) is 3. The number of carboxylic acid groups (broad SMARTS) is 1. The fourth-order valence-corrected chi connectivity index (χ4v) is 2.29. The highest BCUT2D eigenvalue weighted by Gasteiger charge is 2.25. The van der Waals surface area contributed by atoms with E-state index in [0.29, 0.717) is 5.69 Å². The number of hydrogen-bond acceptors (Lipinski definition) is 4. The molecule has 20 heavy (non-hydrogen) atoms. The van der Waals surface area contributed by atoms with Crippen molar-refractivity contribution < 1.29 is 19.4 Å². The number of nitrogens with zero attached hydrogens (tertiary/aromatic N) is 2. The number of carboxylic acids is 1. The minimum Gasteiger partial charge on any atom is -0.480 e. The predicted octanol–water partition coefficient (Wildman–Crippen LogP) is 0.657. The van der Waals surface area contributed by atoms with Gasteiger partial charge in [-0.2, -0.15) is 5.10 Å². The molecule has 0 aromatic carbocycles. The van der Waals surface area contributed by atoms with Gasteiger partial charge in [-0.3, -0.25) is 9.48 Å². The van der Waals surface area contributed by atoms with Crippen molar-refractivity contribution in [2.75, 3.05) is 12.4 Å². The number of carbonyl (C=O) groups is 2. The molecule has 0 aliphatic heterocycles. The van der Waals surface area contributed by atoms with Crippen molar-refractivity contribution in [1.29, 1.82) is 0 Å². The molecule has 0 spiro atoms. The Labute approximate surface area is 116 Å². The first-order valence-electron chi connectivity index (χ1n) is 6.41. The Morgan fingerprint density at radius 2 is 2.35 bits per heavy atom. The molecule has 1 aliphatic rings. The normalized spacial score (nSPS) is 21.6. The molecule has 1 saturated carbocycles. The van der Waals surface area contributed by atoms with E-state index < -0.39 is 5.97 Å². The van der Waals surface area contributed by atoms with Gasteiger partial charge in [0.25, 0.3) is 0 Å². The zero-order chi connectivity index (χ0) is 14.5. The smallest absolute Gasteiger partial charge is 0.325 e. The third kappa shape index (κ3) is 3.95. The van der Waals surface area contributed by atoms with Gasteiger partial charge in [-0.15, -0.1) is 0 Å². The molecule has 2 unspecified atom stereocenters. The fourth-order valence-electron chi connectivity index (χ4n) is 2.29. The van der Waals surface area contributed by atoms with Crippen molar-refractivity contribution in [3.05, 3.63) is 12.4 Å². The van der Waals surface area contributed by atoms with Gasteiger partial charge in [0.2, 0.25) is 0 Å². The lowest BCUT2D eigenvalue weighted by Crippen LogP contribution is -2.36. The maximum atomic E-state index is 11.8. The summed E-state index contributed by atoms with van der Waals surface area (Å²) in [5, 5.41) is 17.9. The van der Waals surface area contributed by atoms with Crippen molar-refractivity contribution in [1.82, 2.24) is 15.1 Å². The van der Waals surface area contributed by atoms with Crippen LogP contribution < -0.4 is 10.6 Å². The molecule has 8 nitrogen and oxygen atoms in total. The second-order valence-electron chi connectivity index (χ2n) is 4.79. The second kappa shape index (κ2) is 6.38. The monoisotopic (exact) mass is 282 g/mol. The van der Waals surface area contributed by atoms with Crippen molar-refractivity contribution in [3.63, 3.8) is 0 Å². The largest absolute Gasteiger partial charge is 0.480 e. The molecule has 1 heterocycles. The Bertz CT molecular complexity index is 488. The molecule has 2 rings (SSSR count). The van der Waals surface area contributed by atoms with Crippen molar-refractivity contribution in [2.24, 2.45) is 0 Å². The summed E-state index contributed by atoms with van der Waals surface area (Å²) in [4.78, 5) is 22.3. The predicted molar refractivity (Wildman–Crippen MR) is 70.5 cm³/mol. The van der Waals surface area contributed by atoms with Crippen LogP contribution in [0.5, 0.6) is 0 Å². The van der Waals surface area contributed by atoms with Crippen molar-refractivity contribution in [2.45, 2.75) is 38.0 Å². The number of methoxy groups -OCH3 is 1. The Kier molecular flexibility index (Phi) is 4.57. The molecule has 3 N–H and O–H groups in total. The molecule has 1 aromatic heterocycles. The van der Waals surface area contributed by atoms with Gasteiger partial charge in [0.15, 0.2) is 0 Å². The molecule has 8 heteroatoms. The molecule has 1 aromatic rings. The minimum atomic E-state index is -0.985. The van der Waals surface area contributed by atoms with Crippen LogP contribution in [0.15, 0.2) is 12.4 Å². The van der Waals surface area contributed by atoms with E-state index >= 15 is 0 Å². The molecule has 0 radical (unpaired) electrons. The van der Waals surface area contributed by atoms with Gasteiger partial charge in [-0.1, -0.05) is 0 Å². The third-order valence-corrected chi connectivity index (χ3v) is 3.24. The third-order valence-electron chi connectivity index (χ3n) is 3.24. The number of nitrogens with one attached hydrogen (secondary N) is 2.